The first-order valence-electron chi connectivity index (χ1n) is 4.84. The zero-order valence-corrected chi connectivity index (χ0v) is 10.1. The minimum Gasteiger partial charge on any atom is -0.459 e. The molecule has 0 unspecified atom stereocenters. The highest BCUT2D eigenvalue weighted by Crippen LogP contribution is 2.30. The first-order chi connectivity index (χ1) is 7.74. The molecule has 0 aliphatic rings. The van der Waals surface area contributed by atoms with Crippen molar-refractivity contribution in [1.82, 2.24) is 4.98 Å². The lowest BCUT2D eigenvalue weighted by atomic mass is 10.2. The fourth-order valence-electron chi connectivity index (χ4n) is 1.63. The van der Waals surface area contributed by atoms with Crippen molar-refractivity contribution in [3.8, 4) is 11.7 Å². The van der Waals surface area contributed by atoms with Crippen LogP contribution in [0.3, 0.4) is 0 Å². The smallest absolute Gasteiger partial charge is 0.263 e. The quantitative estimate of drug-likeness (QED) is 0.671. The van der Waals surface area contributed by atoms with E-state index in [1.54, 1.807) is 6.26 Å². The summed E-state index contributed by atoms with van der Waals surface area (Å²) in [6, 6.07) is 7.62. The molecule has 2 aromatic heterocycles. The SMILES string of the molecule is Cc1cc(Br)c2oc(-c3ccco3)nc2c1. The number of hydrogen-bond donors (Lipinski definition) is 0. The van der Waals surface area contributed by atoms with Crippen LogP contribution in [0, 0.1) is 6.92 Å². The zero-order chi connectivity index (χ0) is 11.1. The molecular weight excluding hydrogens is 270 g/mol. The topological polar surface area (TPSA) is 39.2 Å². The third-order valence-corrected chi connectivity index (χ3v) is 2.91. The maximum atomic E-state index is 5.65. The Kier molecular flexibility index (Phi) is 2.11. The number of furan rings is 1. The highest BCUT2D eigenvalue weighted by molar-refractivity contribution is 9.10. The van der Waals surface area contributed by atoms with Crippen molar-refractivity contribution in [2.24, 2.45) is 0 Å². The van der Waals surface area contributed by atoms with Crippen LogP contribution in [0.5, 0.6) is 0 Å². The van der Waals surface area contributed by atoms with Gasteiger partial charge in [0.15, 0.2) is 11.3 Å². The largest absolute Gasteiger partial charge is 0.459 e. The Morgan fingerprint density at radius 2 is 2.19 bits per heavy atom. The van der Waals surface area contributed by atoms with Gasteiger partial charge < -0.3 is 8.83 Å². The van der Waals surface area contributed by atoms with E-state index in [0.29, 0.717) is 11.7 Å². The number of nitrogens with zero attached hydrogens (tertiary/aromatic N) is 1. The summed E-state index contributed by atoms with van der Waals surface area (Å²) in [6.45, 7) is 2.02. The second kappa shape index (κ2) is 3.49. The number of halogens is 1. The number of aromatic nitrogens is 1. The summed E-state index contributed by atoms with van der Waals surface area (Å²) in [5.41, 5.74) is 2.72. The van der Waals surface area contributed by atoms with Crippen molar-refractivity contribution in [3.63, 3.8) is 0 Å². The van der Waals surface area contributed by atoms with Gasteiger partial charge in [0.1, 0.15) is 5.52 Å². The molecule has 0 bridgehead atoms. The van der Waals surface area contributed by atoms with Crippen LogP contribution in [-0.2, 0) is 0 Å². The van der Waals surface area contributed by atoms with Crippen molar-refractivity contribution >= 4 is 27.0 Å². The lowest BCUT2D eigenvalue weighted by molar-refractivity contribution is 0.534. The van der Waals surface area contributed by atoms with Crippen LogP contribution in [0.2, 0.25) is 0 Å². The summed E-state index contributed by atoms with van der Waals surface area (Å²) in [7, 11) is 0. The maximum absolute atomic E-state index is 5.65. The lowest BCUT2D eigenvalue weighted by Crippen LogP contribution is -1.74. The number of aryl methyl sites for hydroxylation is 1. The van der Waals surface area contributed by atoms with Crippen LogP contribution in [0.1, 0.15) is 5.56 Å². The number of oxazole rings is 1. The van der Waals surface area contributed by atoms with Gasteiger partial charge in [-0.15, -0.1) is 0 Å². The van der Waals surface area contributed by atoms with Crippen molar-refractivity contribution < 1.29 is 8.83 Å². The van der Waals surface area contributed by atoms with Gasteiger partial charge in [-0.25, -0.2) is 4.98 Å². The number of benzene rings is 1. The van der Waals surface area contributed by atoms with Crippen molar-refractivity contribution in [2.75, 3.05) is 0 Å². The first-order valence-corrected chi connectivity index (χ1v) is 5.64. The molecule has 0 saturated heterocycles. The van der Waals surface area contributed by atoms with E-state index in [1.165, 1.54) is 0 Å². The summed E-state index contributed by atoms with van der Waals surface area (Å²) in [5, 5.41) is 0. The van der Waals surface area contributed by atoms with E-state index in [1.807, 2.05) is 31.2 Å². The highest BCUT2D eigenvalue weighted by Gasteiger charge is 2.12. The van der Waals surface area contributed by atoms with Gasteiger partial charge in [0.25, 0.3) is 5.89 Å². The standard InChI is InChI=1S/C12H8BrNO2/c1-7-5-8(13)11-9(6-7)14-12(16-11)10-3-2-4-15-10/h2-6H,1H3. The molecule has 16 heavy (non-hydrogen) atoms. The fourth-order valence-corrected chi connectivity index (χ4v) is 2.27. The summed E-state index contributed by atoms with van der Waals surface area (Å²) >= 11 is 3.46. The van der Waals surface area contributed by atoms with E-state index < -0.39 is 0 Å². The number of rotatable bonds is 1. The molecule has 0 N–H and O–H groups in total. The molecule has 0 saturated carbocycles. The predicted octanol–water partition coefficient (Wildman–Crippen LogP) is 4.16. The Bertz CT molecular complexity index is 640. The maximum Gasteiger partial charge on any atom is 0.263 e. The van der Waals surface area contributed by atoms with E-state index in [-0.39, 0.29) is 0 Å². The molecular formula is C12H8BrNO2. The Morgan fingerprint density at radius 1 is 1.31 bits per heavy atom. The van der Waals surface area contributed by atoms with Crippen molar-refractivity contribution in [3.05, 3.63) is 40.6 Å². The van der Waals surface area contributed by atoms with Crippen LogP contribution in [0.15, 0.2) is 43.8 Å². The van der Waals surface area contributed by atoms with Gasteiger partial charge in [-0.1, -0.05) is 0 Å². The Morgan fingerprint density at radius 3 is 2.94 bits per heavy atom. The molecule has 1 aromatic carbocycles. The average molecular weight is 278 g/mol. The molecule has 80 valence electrons. The second-order valence-electron chi connectivity index (χ2n) is 3.59. The van der Waals surface area contributed by atoms with Gasteiger partial charge in [0.2, 0.25) is 0 Å². The second-order valence-corrected chi connectivity index (χ2v) is 4.45. The minimum absolute atomic E-state index is 0.506. The van der Waals surface area contributed by atoms with Crippen LogP contribution < -0.4 is 0 Å². The Hall–Kier alpha value is -1.55. The van der Waals surface area contributed by atoms with Crippen LogP contribution in [-0.4, -0.2) is 4.98 Å². The Labute approximate surface area is 100 Å². The van der Waals surface area contributed by atoms with Gasteiger partial charge in [-0.2, -0.15) is 0 Å². The monoisotopic (exact) mass is 277 g/mol. The van der Waals surface area contributed by atoms with Gasteiger partial charge in [-0.05, 0) is 52.7 Å². The minimum atomic E-state index is 0.506. The zero-order valence-electron chi connectivity index (χ0n) is 8.53. The molecule has 0 atom stereocenters. The van der Waals surface area contributed by atoms with Gasteiger partial charge >= 0.3 is 0 Å². The average Bonchev–Trinajstić information content (AvgIpc) is 2.82. The predicted molar refractivity (Wildman–Crippen MR) is 64.1 cm³/mol. The fraction of sp³-hybridized carbons (Fsp3) is 0.0833. The molecule has 3 rings (SSSR count). The highest BCUT2D eigenvalue weighted by atomic mass is 79.9. The summed E-state index contributed by atoms with van der Waals surface area (Å²) in [5.74, 6) is 1.15. The molecule has 0 amide bonds. The summed E-state index contributed by atoms with van der Waals surface area (Å²) in [4.78, 5) is 4.39. The van der Waals surface area contributed by atoms with Gasteiger partial charge in [0, 0.05) is 0 Å². The van der Waals surface area contributed by atoms with E-state index in [2.05, 4.69) is 20.9 Å². The van der Waals surface area contributed by atoms with E-state index in [9.17, 15) is 0 Å². The van der Waals surface area contributed by atoms with Crippen molar-refractivity contribution in [2.45, 2.75) is 6.92 Å². The molecule has 2 heterocycles. The molecule has 0 aliphatic carbocycles. The molecule has 0 spiro atoms. The van der Waals surface area contributed by atoms with E-state index in [4.69, 9.17) is 8.83 Å². The molecule has 3 nitrogen and oxygen atoms in total. The van der Waals surface area contributed by atoms with E-state index in [0.717, 1.165) is 21.1 Å². The molecule has 0 fully saturated rings. The molecule has 3 aromatic rings. The van der Waals surface area contributed by atoms with Gasteiger partial charge in [-0.3, -0.25) is 0 Å². The van der Waals surface area contributed by atoms with Crippen molar-refractivity contribution in [1.29, 1.82) is 0 Å². The lowest BCUT2D eigenvalue weighted by Gasteiger charge is -1.93. The van der Waals surface area contributed by atoms with Crippen LogP contribution in [0.25, 0.3) is 22.8 Å². The Balaban J connectivity index is 2.27. The third kappa shape index (κ3) is 1.46. The first kappa shape index (κ1) is 9.66. The normalized spacial score (nSPS) is 11.1. The van der Waals surface area contributed by atoms with Gasteiger partial charge in [0.05, 0.1) is 10.7 Å². The summed E-state index contributed by atoms with van der Waals surface area (Å²) < 4.78 is 11.8. The third-order valence-electron chi connectivity index (χ3n) is 2.32. The molecule has 0 aliphatic heterocycles. The van der Waals surface area contributed by atoms with E-state index >= 15 is 0 Å². The van der Waals surface area contributed by atoms with Crippen LogP contribution in [0.4, 0.5) is 0 Å². The van der Waals surface area contributed by atoms with Crippen LogP contribution >= 0.6 is 15.9 Å². The molecule has 0 radical (unpaired) electrons. The number of hydrogen-bond acceptors (Lipinski definition) is 3. The molecule has 4 heteroatoms. The number of fused-ring (bicyclic) bond motifs is 1. The summed E-state index contributed by atoms with van der Waals surface area (Å²) in [6.07, 6.45) is 1.60.